The van der Waals surface area contributed by atoms with E-state index in [-0.39, 0.29) is 12.1 Å². The van der Waals surface area contributed by atoms with Crippen molar-refractivity contribution in [3.63, 3.8) is 0 Å². The summed E-state index contributed by atoms with van der Waals surface area (Å²) < 4.78 is 7.18. The van der Waals surface area contributed by atoms with Crippen LogP contribution >= 0.6 is 0 Å². The molecule has 2 aromatic rings. The third-order valence-corrected chi connectivity index (χ3v) is 3.11. The number of methoxy groups -OCH3 is 1. The van der Waals surface area contributed by atoms with Gasteiger partial charge in [0.05, 0.1) is 17.5 Å². The average molecular weight is 245 g/mol. The molecule has 2 atom stereocenters. The molecule has 2 rings (SSSR count). The molecule has 1 aromatic carbocycles. The van der Waals surface area contributed by atoms with Crippen LogP contribution in [-0.4, -0.2) is 29.0 Å². The standard InChI is InChI=1S/C14H19N3O/c1-11(12(2)18-3)16-13-7-4-5-8-14(13)17-10-6-9-15-17/h4-12,16H,1-3H3. The maximum absolute atomic E-state index is 5.33. The van der Waals surface area contributed by atoms with E-state index in [0.717, 1.165) is 11.4 Å². The van der Waals surface area contributed by atoms with E-state index in [9.17, 15) is 0 Å². The fourth-order valence-electron chi connectivity index (χ4n) is 1.77. The number of para-hydroxylation sites is 2. The van der Waals surface area contributed by atoms with Crippen molar-refractivity contribution in [3.8, 4) is 5.69 Å². The van der Waals surface area contributed by atoms with Crippen molar-refractivity contribution in [1.29, 1.82) is 0 Å². The summed E-state index contributed by atoms with van der Waals surface area (Å²) in [4.78, 5) is 0. The molecule has 96 valence electrons. The van der Waals surface area contributed by atoms with Gasteiger partial charge < -0.3 is 10.1 Å². The number of nitrogens with one attached hydrogen (secondary N) is 1. The second-order valence-electron chi connectivity index (χ2n) is 4.34. The molecule has 1 aromatic heterocycles. The van der Waals surface area contributed by atoms with Crippen LogP contribution in [0.5, 0.6) is 0 Å². The maximum atomic E-state index is 5.33. The topological polar surface area (TPSA) is 39.1 Å². The molecule has 0 radical (unpaired) electrons. The van der Waals surface area contributed by atoms with Crippen molar-refractivity contribution in [3.05, 3.63) is 42.7 Å². The van der Waals surface area contributed by atoms with E-state index >= 15 is 0 Å². The molecule has 0 saturated carbocycles. The van der Waals surface area contributed by atoms with Crippen molar-refractivity contribution < 1.29 is 4.74 Å². The molecular formula is C14H19N3O. The number of aromatic nitrogens is 2. The molecule has 0 spiro atoms. The van der Waals surface area contributed by atoms with E-state index < -0.39 is 0 Å². The van der Waals surface area contributed by atoms with Crippen molar-refractivity contribution in [2.45, 2.75) is 26.0 Å². The second kappa shape index (κ2) is 5.69. The first-order valence-electron chi connectivity index (χ1n) is 6.10. The molecule has 0 amide bonds. The molecule has 1 heterocycles. The Morgan fingerprint density at radius 1 is 1.22 bits per heavy atom. The van der Waals surface area contributed by atoms with Crippen LogP contribution in [-0.2, 0) is 4.74 Å². The molecule has 0 saturated heterocycles. The Balaban J connectivity index is 2.23. The summed E-state index contributed by atoms with van der Waals surface area (Å²) in [6.45, 7) is 4.15. The fourth-order valence-corrected chi connectivity index (χ4v) is 1.77. The van der Waals surface area contributed by atoms with E-state index in [1.54, 1.807) is 13.3 Å². The second-order valence-corrected chi connectivity index (χ2v) is 4.34. The van der Waals surface area contributed by atoms with Gasteiger partial charge in [-0.3, -0.25) is 0 Å². The van der Waals surface area contributed by atoms with E-state index in [0.29, 0.717) is 0 Å². The number of hydrogen-bond acceptors (Lipinski definition) is 3. The quantitative estimate of drug-likeness (QED) is 0.880. The van der Waals surface area contributed by atoms with Crippen LogP contribution in [0.25, 0.3) is 5.69 Å². The van der Waals surface area contributed by atoms with Crippen molar-refractivity contribution >= 4 is 5.69 Å². The number of nitrogens with zero attached hydrogens (tertiary/aromatic N) is 2. The zero-order valence-electron chi connectivity index (χ0n) is 11.0. The Labute approximate surface area is 108 Å². The first-order chi connectivity index (χ1) is 8.72. The summed E-state index contributed by atoms with van der Waals surface area (Å²) in [5, 5.41) is 7.73. The SMILES string of the molecule is COC(C)C(C)Nc1ccccc1-n1cccn1. The molecule has 0 fully saturated rings. The van der Waals surface area contributed by atoms with Gasteiger partial charge in [-0.25, -0.2) is 4.68 Å². The van der Waals surface area contributed by atoms with Crippen LogP contribution < -0.4 is 5.32 Å². The Morgan fingerprint density at radius 3 is 2.67 bits per heavy atom. The normalized spacial score (nSPS) is 14.2. The van der Waals surface area contributed by atoms with E-state index in [1.165, 1.54) is 0 Å². The minimum atomic E-state index is 0.149. The summed E-state index contributed by atoms with van der Waals surface area (Å²) in [7, 11) is 1.72. The van der Waals surface area contributed by atoms with Crippen molar-refractivity contribution in [2.75, 3.05) is 12.4 Å². The highest BCUT2D eigenvalue weighted by atomic mass is 16.5. The summed E-state index contributed by atoms with van der Waals surface area (Å²) in [5.74, 6) is 0. The van der Waals surface area contributed by atoms with Gasteiger partial charge in [-0.05, 0) is 32.0 Å². The van der Waals surface area contributed by atoms with E-state index in [1.807, 2.05) is 42.1 Å². The summed E-state index contributed by atoms with van der Waals surface area (Å²) in [6.07, 6.45) is 3.86. The minimum Gasteiger partial charge on any atom is -0.380 e. The number of ether oxygens (including phenoxy) is 1. The Bertz CT molecular complexity index is 482. The molecule has 4 nitrogen and oxygen atoms in total. The maximum Gasteiger partial charge on any atom is 0.0876 e. The monoisotopic (exact) mass is 245 g/mol. The lowest BCUT2D eigenvalue weighted by Gasteiger charge is -2.22. The zero-order chi connectivity index (χ0) is 13.0. The lowest BCUT2D eigenvalue weighted by molar-refractivity contribution is 0.106. The van der Waals surface area contributed by atoms with Gasteiger partial charge in [0, 0.05) is 25.5 Å². The van der Waals surface area contributed by atoms with Crippen LogP contribution in [0.1, 0.15) is 13.8 Å². The predicted molar refractivity (Wildman–Crippen MR) is 73.1 cm³/mol. The summed E-state index contributed by atoms with van der Waals surface area (Å²) in [6, 6.07) is 10.3. The molecule has 2 unspecified atom stereocenters. The van der Waals surface area contributed by atoms with Crippen molar-refractivity contribution in [2.24, 2.45) is 0 Å². The van der Waals surface area contributed by atoms with Gasteiger partial charge in [-0.15, -0.1) is 0 Å². The molecule has 0 aliphatic rings. The van der Waals surface area contributed by atoms with Gasteiger partial charge in [-0.1, -0.05) is 12.1 Å². The molecule has 0 aliphatic carbocycles. The van der Waals surface area contributed by atoms with Crippen LogP contribution in [0.2, 0.25) is 0 Å². The minimum absolute atomic E-state index is 0.149. The Morgan fingerprint density at radius 2 is 2.00 bits per heavy atom. The highest BCUT2D eigenvalue weighted by Crippen LogP contribution is 2.20. The number of benzene rings is 1. The molecule has 1 N–H and O–H groups in total. The van der Waals surface area contributed by atoms with E-state index in [2.05, 4.69) is 23.4 Å². The fraction of sp³-hybridized carbons (Fsp3) is 0.357. The number of hydrogen-bond donors (Lipinski definition) is 1. The molecule has 18 heavy (non-hydrogen) atoms. The van der Waals surface area contributed by atoms with Gasteiger partial charge in [-0.2, -0.15) is 5.10 Å². The Kier molecular flexibility index (Phi) is 3.99. The third kappa shape index (κ3) is 2.71. The van der Waals surface area contributed by atoms with Crippen LogP contribution in [0.4, 0.5) is 5.69 Å². The summed E-state index contributed by atoms with van der Waals surface area (Å²) >= 11 is 0. The first-order valence-corrected chi connectivity index (χ1v) is 6.10. The van der Waals surface area contributed by atoms with Gasteiger partial charge in [0.2, 0.25) is 0 Å². The van der Waals surface area contributed by atoms with Crippen LogP contribution in [0, 0.1) is 0 Å². The number of anilines is 1. The van der Waals surface area contributed by atoms with Gasteiger partial charge >= 0.3 is 0 Å². The average Bonchev–Trinajstić information content (AvgIpc) is 2.92. The van der Waals surface area contributed by atoms with E-state index in [4.69, 9.17) is 4.74 Å². The van der Waals surface area contributed by atoms with Crippen LogP contribution in [0.15, 0.2) is 42.7 Å². The van der Waals surface area contributed by atoms with Gasteiger partial charge in [0.25, 0.3) is 0 Å². The first kappa shape index (κ1) is 12.6. The highest BCUT2D eigenvalue weighted by molar-refractivity contribution is 5.61. The molecule has 4 heteroatoms. The zero-order valence-corrected chi connectivity index (χ0v) is 11.0. The van der Waals surface area contributed by atoms with Crippen LogP contribution in [0.3, 0.4) is 0 Å². The van der Waals surface area contributed by atoms with Gasteiger partial charge in [0.15, 0.2) is 0 Å². The number of rotatable bonds is 5. The largest absolute Gasteiger partial charge is 0.380 e. The summed E-state index contributed by atoms with van der Waals surface area (Å²) in [5.41, 5.74) is 2.09. The predicted octanol–water partition coefficient (Wildman–Crippen LogP) is 2.71. The molecule has 0 aliphatic heterocycles. The Hall–Kier alpha value is -1.81. The highest BCUT2D eigenvalue weighted by Gasteiger charge is 2.13. The lowest BCUT2D eigenvalue weighted by Crippen LogP contribution is -2.30. The smallest absolute Gasteiger partial charge is 0.0876 e. The third-order valence-electron chi connectivity index (χ3n) is 3.11. The molecule has 0 bridgehead atoms. The van der Waals surface area contributed by atoms with Gasteiger partial charge in [0.1, 0.15) is 0 Å². The molecular weight excluding hydrogens is 226 g/mol. The van der Waals surface area contributed by atoms with Crippen molar-refractivity contribution in [1.82, 2.24) is 9.78 Å². The lowest BCUT2D eigenvalue weighted by atomic mass is 10.2.